The van der Waals surface area contributed by atoms with E-state index in [2.05, 4.69) is 77.4 Å². The van der Waals surface area contributed by atoms with Crippen LogP contribution < -0.4 is 5.43 Å². The van der Waals surface area contributed by atoms with E-state index in [1.165, 1.54) is 38.3 Å². The number of nitrogens with zero attached hydrogens (tertiary/aromatic N) is 3. The van der Waals surface area contributed by atoms with Crippen LogP contribution in [0.15, 0.2) is 72.8 Å². The first kappa shape index (κ1) is 29.1. The van der Waals surface area contributed by atoms with Gasteiger partial charge in [0.1, 0.15) is 0 Å². The average molecular weight is 563 g/mol. The van der Waals surface area contributed by atoms with Gasteiger partial charge in [-0.05, 0) is 99.3 Å². The van der Waals surface area contributed by atoms with Gasteiger partial charge in [0.25, 0.3) is 0 Å². The smallest absolute Gasteiger partial charge is 0.0997 e. The lowest BCUT2D eigenvalue weighted by atomic mass is 9.88. The largest absolute Gasteiger partial charge is 0.496 e. The van der Waals surface area contributed by atoms with Crippen LogP contribution in [-0.2, 0) is 11.2 Å². The molecule has 0 saturated carbocycles. The third-order valence-electron chi connectivity index (χ3n) is 6.73. The molecule has 7 heteroatoms. The van der Waals surface area contributed by atoms with E-state index in [0.29, 0.717) is 5.92 Å². The number of hydrazone groups is 1. The number of hydrogen-bond donors (Lipinski definition) is 1. The van der Waals surface area contributed by atoms with E-state index in [1.807, 2.05) is 56.8 Å². The highest BCUT2D eigenvalue weighted by Gasteiger charge is 2.31. The van der Waals surface area contributed by atoms with Gasteiger partial charge in [0.05, 0.1) is 28.5 Å². The molecule has 2 atom stereocenters. The van der Waals surface area contributed by atoms with E-state index < -0.39 is 0 Å². The number of benzene rings is 1. The molecule has 39 heavy (non-hydrogen) atoms. The maximum Gasteiger partial charge on any atom is 0.0997 e. The number of ether oxygens (including phenoxy) is 1. The lowest BCUT2D eigenvalue weighted by Gasteiger charge is -2.35. The summed E-state index contributed by atoms with van der Waals surface area (Å²) in [5, 5.41) is 5.31. The van der Waals surface area contributed by atoms with Crippen molar-refractivity contribution in [2.24, 2.45) is 11.0 Å². The average Bonchev–Trinajstić information content (AvgIpc) is 3.34. The predicted molar refractivity (Wildman–Crippen MR) is 166 cm³/mol. The molecule has 0 radical (unpaired) electrons. The van der Waals surface area contributed by atoms with Gasteiger partial charge in [-0.1, -0.05) is 37.6 Å². The summed E-state index contributed by atoms with van der Waals surface area (Å²) in [4.78, 5) is 9.16. The summed E-state index contributed by atoms with van der Waals surface area (Å²) >= 11 is 8.16. The van der Waals surface area contributed by atoms with Gasteiger partial charge in [-0.3, -0.25) is 15.3 Å². The van der Waals surface area contributed by atoms with Gasteiger partial charge in [0.15, 0.2) is 0 Å². The zero-order chi connectivity index (χ0) is 28.0. The fourth-order valence-electron chi connectivity index (χ4n) is 4.97. The molecule has 0 saturated heterocycles. The lowest BCUT2D eigenvalue weighted by Crippen LogP contribution is -2.33. The van der Waals surface area contributed by atoms with Crippen molar-refractivity contribution in [2.45, 2.75) is 58.6 Å². The molecule has 2 aromatic heterocycles. The standard InChI is InChI=1S/C26H27ClN4S.C6H12O/c1-3-4-17-13-23(30-29-16-17)26-22(15-24(32-26)18-7-10-28-11-8-18)25-21-6-5-20(27)14-19(21)9-12-31(25)2;1-5-7-6(2,3)4/h5-8,10-11,13-17,25,30H,3-4,9,12H2,1-2H3;5H,1H2,2-4H3. The van der Waals surface area contributed by atoms with Crippen LogP contribution in [0.25, 0.3) is 16.1 Å². The normalized spacial score (nSPS) is 18.8. The van der Waals surface area contributed by atoms with Gasteiger partial charge < -0.3 is 4.74 Å². The van der Waals surface area contributed by atoms with E-state index in [9.17, 15) is 0 Å². The molecule has 0 bridgehead atoms. The first-order valence-corrected chi connectivity index (χ1v) is 14.7. The number of nitrogens with one attached hydrogen (secondary N) is 1. The Kier molecular flexibility index (Phi) is 9.65. The summed E-state index contributed by atoms with van der Waals surface area (Å²) in [5.41, 5.74) is 9.54. The van der Waals surface area contributed by atoms with E-state index >= 15 is 0 Å². The van der Waals surface area contributed by atoms with Crippen molar-refractivity contribution in [3.63, 3.8) is 0 Å². The second-order valence-corrected chi connectivity index (χ2v) is 12.4. The Balaban J connectivity index is 0.000000448. The Morgan fingerprint density at radius 1 is 1.18 bits per heavy atom. The van der Waals surface area contributed by atoms with Crippen molar-refractivity contribution in [3.8, 4) is 10.4 Å². The van der Waals surface area contributed by atoms with Gasteiger partial charge in [0, 0.05) is 41.0 Å². The van der Waals surface area contributed by atoms with Crippen molar-refractivity contribution < 1.29 is 4.74 Å². The van der Waals surface area contributed by atoms with Gasteiger partial charge in [-0.15, -0.1) is 11.3 Å². The van der Waals surface area contributed by atoms with Gasteiger partial charge >= 0.3 is 0 Å². The highest BCUT2D eigenvalue weighted by Crippen LogP contribution is 2.44. The topological polar surface area (TPSA) is 49.8 Å². The number of thiophene rings is 1. The summed E-state index contributed by atoms with van der Waals surface area (Å²) in [6.45, 7) is 12.6. The molecule has 0 aliphatic carbocycles. The van der Waals surface area contributed by atoms with Crippen LogP contribution in [0.5, 0.6) is 0 Å². The molecule has 5 nitrogen and oxygen atoms in total. The fourth-order valence-corrected chi connectivity index (χ4v) is 6.33. The summed E-state index contributed by atoms with van der Waals surface area (Å²) in [5.74, 6) is 0.366. The van der Waals surface area contributed by atoms with E-state index in [0.717, 1.165) is 36.5 Å². The van der Waals surface area contributed by atoms with Crippen LogP contribution in [0, 0.1) is 5.92 Å². The van der Waals surface area contributed by atoms with Gasteiger partial charge in [-0.2, -0.15) is 5.10 Å². The SMILES string of the molecule is C=COC(C)(C)C.CCCC1C=NNC(c2sc(-c3ccncc3)cc2C2c3ccc(Cl)cc3CCN2C)=C1. The maximum atomic E-state index is 6.34. The molecular weight excluding hydrogens is 524 g/mol. The second kappa shape index (κ2) is 12.9. The Hall–Kier alpha value is -2.93. The van der Waals surface area contributed by atoms with Crippen molar-refractivity contribution >= 4 is 34.8 Å². The number of rotatable bonds is 6. The van der Waals surface area contributed by atoms with Crippen LogP contribution in [0.2, 0.25) is 5.02 Å². The first-order valence-electron chi connectivity index (χ1n) is 13.5. The van der Waals surface area contributed by atoms with Crippen LogP contribution in [0.4, 0.5) is 0 Å². The molecule has 1 aromatic carbocycles. The quantitative estimate of drug-likeness (QED) is 0.307. The zero-order valence-corrected chi connectivity index (χ0v) is 25.1. The monoisotopic (exact) mass is 562 g/mol. The van der Waals surface area contributed by atoms with Crippen molar-refractivity contribution in [1.82, 2.24) is 15.3 Å². The molecule has 5 rings (SSSR count). The minimum atomic E-state index is -0.0677. The fraction of sp³-hybridized carbons (Fsp3) is 0.375. The Morgan fingerprint density at radius 2 is 1.95 bits per heavy atom. The lowest BCUT2D eigenvalue weighted by molar-refractivity contribution is 0.0775. The van der Waals surface area contributed by atoms with Crippen LogP contribution in [0.1, 0.15) is 68.1 Å². The molecule has 2 aliphatic rings. The van der Waals surface area contributed by atoms with Gasteiger partial charge in [0.2, 0.25) is 0 Å². The number of likely N-dealkylation sites (N-methyl/N-ethyl adjacent to an activating group) is 1. The van der Waals surface area contributed by atoms with Crippen molar-refractivity contribution in [2.75, 3.05) is 13.6 Å². The zero-order valence-electron chi connectivity index (χ0n) is 23.6. The van der Waals surface area contributed by atoms with Crippen LogP contribution in [-0.4, -0.2) is 35.3 Å². The summed E-state index contributed by atoms with van der Waals surface area (Å²) < 4.78 is 4.99. The Labute approximate surface area is 242 Å². The number of hydrogen-bond acceptors (Lipinski definition) is 6. The third kappa shape index (κ3) is 7.38. The summed E-state index contributed by atoms with van der Waals surface area (Å²) in [7, 11) is 2.22. The summed E-state index contributed by atoms with van der Waals surface area (Å²) in [6, 6.07) is 13.0. The molecule has 4 heterocycles. The molecule has 0 amide bonds. The minimum absolute atomic E-state index is 0.0677. The predicted octanol–water partition coefficient (Wildman–Crippen LogP) is 8.33. The molecule has 3 aromatic rings. The van der Waals surface area contributed by atoms with E-state index in [-0.39, 0.29) is 11.6 Å². The first-order chi connectivity index (χ1) is 18.7. The highest BCUT2D eigenvalue weighted by molar-refractivity contribution is 7.16. The molecule has 1 N–H and O–H groups in total. The van der Waals surface area contributed by atoms with E-state index in [4.69, 9.17) is 16.3 Å². The minimum Gasteiger partial charge on any atom is -0.496 e. The van der Waals surface area contributed by atoms with Crippen molar-refractivity contribution in [3.05, 3.63) is 94.3 Å². The number of allylic oxidation sites excluding steroid dienone is 1. The van der Waals surface area contributed by atoms with E-state index in [1.54, 1.807) is 0 Å². The number of fused-ring (bicyclic) bond motifs is 1. The molecule has 0 fully saturated rings. The molecule has 2 aliphatic heterocycles. The Bertz CT molecular complexity index is 1330. The molecule has 0 spiro atoms. The summed E-state index contributed by atoms with van der Waals surface area (Å²) in [6.07, 6.45) is 12.8. The van der Waals surface area contributed by atoms with Gasteiger partial charge in [-0.25, -0.2) is 0 Å². The second-order valence-electron chi connectivity index (χ2n) is 10.9. The van der Waals surface area contributed by atoms with Crippen molar-refractivity contribution in [1.29, 1.82) is 0 Å². The number of halogens is 1. The molecule has 2 unspecified atom stereocenters. The van der Waals surface area contributed by atoms with Crippen LogP contribution >= 0.6 is 22.9 Å². The number of aromatic nitrogens is 1. The molecular formula is C32H39ClN4OS. The highest BCUT2D eigenvalue weighted by atomic mass is 35.5. The third-order valence-corrected chi connectivity index (χ3v) is 8.20. The Morgan fingerprint density at radius 3 is 2.62 bits per heavy atom. The molecule has 206 valence electrons. The maximum absolute atomic E-state index is 6.34. The number of pyridine rings is 1. The van der Waals surface area contributed by atoms with Crippen LogP contribution in [0.3, 0.4) is 0 Å².